The van der Waals surface area contributed by atoms with E-state index < -0.39 is 22.8 Å². The maximum Gasteiger partial charge on any atom is 0.332 e. The molecule has 2 aromatic rings. The van der Waals surface area contributed by atoms with Crippen LogP contribution in [0.25, 0.3) is 10.8 Å². The topological polar surface area (TPSA) is 89.9 Å². The standard InChI is InChI=1S/C15H17NO5S/c1-15(2,14(18)21-3)16(22(19)20)12-9-8-10-6-4-5-7-11(10)13(12)17/h4-9,17H,1-3H3,(H,19,20)/p-1. The summed E-state index contributed by atoms with van der Waals surface area (Å²) in [6.45, 7) is 2.81. The fraction of sp³-hybridized carbons (Fsp3) is 0.267. The van der Waals surface area contributed by atoms with Crippen molar-refractivity contribution >= 4 is 33.7 Å². The number of fused-ring (bicyclic) bond motifs is 1. The van der Waals surface area contributed by atoms with Crippen molar-refractivity contribution in [1.29, 1.82) is 0 Å². The normalized spacial score (nSPS) is 12.9. The van der Waals surface area contributed by atoms with Crippen molar-refractivity contribution in [3.05, 3.63) is 36.4 Å². The summed E-state index contributed by atoms with van der Waals surface area (Å²) in [5.74, 6) is -0.941. The Bertz CT molecular complexity index is 744. The van der Waals surface area contributed by atoms with Crippen LogP contribution < -0.4 is 4.31 Å². The highest BCUT2D eigenvalue weighted by molar-refractivity contribution is 7.80. The zero-order valence-electron chi connectivity index (χ0n) is 12.4. The number of aromatic hydroxyl groups is 1. The van der Waals surface area contributed by atoms with Crippen LogP contribution in [0.1, 0.15) is 13.8 Å². The molecule has 0 radical (unpaired) electrons. The fourth-order valence-corrected chi connectivity index (χ4v) is 3.06. The SMILES string of the molecule is COC(=O)C(C)(C)N(c1ccc2ccccc2c1O)S(=O)[O-]. The number of methoxy groups -OCH3 is 1. The maximum absolute atomic E-state index is 11.9. The Labute approximate surface area is 130 Å². The number of anilines is 1. The van der Waals surface area contributed by atoms with E-state index in [1.165, 1.54) is 27.0 Å². The molecule has 0 heterocycles. The van der Waals surface area contributed by atoms with Crippen LogP contribution in [-0.4, -0.2) is 32.5 Å². The Morgan fingerprint density at radius 3 is 2.50 bits per heavy atom. The van der Waals surface area contributed by atoms with E-state index in [1.807, 2.05) is 6.07 Å². The van der Waals surface area contributed by atoms with Gasteiger partial charge in [-0.15, -0.1) is 0 Å². The summed E-state index contributed by atoms with van der Waals surface area (Å²) >= 11 is -2.78. The number of carbonyl (C=O) groups is 1. The third kappa shape index (κ3) is 2.65. The summed E-state index contributed by atoms with van der Waals surface area (Å²) in [5.41, 5.74) is -1.48. The van der Waals surface area contributed by atoms with E-state index in [1.54, 1.807) is 24.3 Å². The average Bonchev–Trinajstić information content (AvgIpc) is 2.48. The number of ether oxygens (including phenoxy) is 1. The van der Waals surface area contributed by atoms with Gasteiger partial charge in [0.05, 0.1) is 12.8 Å². The number of rotatable bonds is 4. The number of hydrogen-bond donors (Lipinski definition) is 1. The largest absolute Gasteiger partial charge is 0.755 e. The van der Waals surface area contributed by atoms with Crippen molar-refractivity contribution < 1.29 is 23.4 Å². The van der Waals surface area contributed by atoms with Crippen molar-refractivity contribution in [3.63, 3.8) is 0 Å². The summed E-state index contributed by atoms with van der Waals surface area (Å²) < 4.78 is 28.8. The van der Waals surface area contributed by atoms with Gasteiger partial charge in [0.1, 0.15) is 11.3 Å². The molecule has 22 heavy (non-hydrogen) atoms. The highest BCUT2D eigenvalue weighted by Crippen LogP contribution is 2.39. The molecule has 0 bridgehead atoms. The van der Waals surface area contributed by atoms with Gasteiger partial charge in [-0.1, -0.05) is 30.3 Å². The van der Waals surface area contributed by atoms with Crippen molar-refractivity contribution in [2.24, 2.45) is 0 Å². The Kier molecular flexibility index (Phi) is 4.39. The number of carbonyl (C=O) groups excluding carboxylic acids is 1. The van der Waals surface area contributed by atoms with Crippen LogP contribution in [0, 0.1) is 0 Å². The second kappa shape index (κ2) is 5.94. The Morgan fingerprint density at radius 2 is 1.91 bits per heavy atom. The van der Waals surface area contributed by atoms with E-state index in [2.05, 4.69) is 4.74 Å². The minimum absolute atomic E-state index is 0.0161. The third-order valence-electron chi connectivity index (χ3n) is 3.44. The molecule has 2 rings (SSSR count). The highest BCUT2D eigenvalue weighted by atomic mass is 32.2. The zero-order chi connectivity index (χ0) is 16.5. The van der Waals surface area contributed by atoms with Crippen LogP contribution in [0.3, 0.4) is 0 Å². The predicted octanol–water partition coefficient (Wildman–Crippen LogP) is 2.10. The smallest absolute Gasteiger partial charge is 0.332 e. The molecule has 7 heteroatoms. The molecule has 0 aromatic heterocycles. The highest BCUT2D eigenvalue weighted by Gasteiger charge is 2.38. The quantitative estimate of drug-likeness (QED) is 0.687. The first-order chi connectivity index (χ1) is 10.3. The molecule has 0 saturated heterocycles. The van der Waals surface area contributed by atoms with E-state index in [0.717, 1.165) is 9.69 Å². The third-order valence-corrected chi connectivity index (χ3v) is 4.39. The lowest BCUT2D eigenvalue weighted by Crippen LogP contribution is -2.51. The van der Waals surface area contributed by atoms with Gasteiger partial charge in [0.15, 0.2) is 0 Å². The summed E-state index contributed by atoms with van der Waals surface area (Å²) in [6.07, 6.45) is 0. The van der Waals surface area contributed by atoms with Crippen LogP contribution in [0.15, 0.2) is 36.4 Å². The van der Waals surface area contributed by atoms with Gasteiger partial charge in [0.25, 0.3) is 0 Å². The molecule has 0 saturated carbocycles. The van der Waals surface area contributed by atoms with Crippen molar-refractivity contribution in [1.82, 2.24) is 0 Å². The molecule has 0 amide bonds. The Morgan fingerprint density at radius 1 is 1.27 bits per heavy atom. The lowest BCUT2D eigenvalue weighted by molar-refractivity contribution is -0.145. The Hall–Kier alpha value is -2.12. The summed E-state index contributed by atoms with van der Waals surface area (Å²) in [4.78, 5) is 11.9. The number of phenols is 1. The van der Waals surface area contributed by atoms with E-state index in [4.69, 9.17) is 0 Å². The summed E-state index contributed by atoms with van der Waals surface area (Å²) in [7, 11) is 1.18. The van der Waals surface area contributed by atoms with Gasteiger partial charge in [-0.05, 0) is 25.3 Å². The van der Waals surface area contributed by atoms with E-state index >= 15 is 0 Å². The maximum atomic E-state index is 11.9. The molecule has 0 spiro atoms. The van der Waals surface area contributed by atoms with Crippen molar-refractivity contribution in [3.8, 4) is 5.75 Å². The molecular formula is C15H16NO5S-. The van der Waals surface area contributed by atoms with Gasteiger partial charge in [-0.25, -0.2) is 4.79 Å². The van der Waals surface area contributed by atoms with Gasteiger partial charge < -0.3 is 14.4 Å². The molecule has 0 aliphatic rings. The second-order valence-corrected chi connectivity index (χ2v) is 6.02. The van der Waals surface area contributed by atoms with E-state index in [9.17, 15) is 18.7 Å². The second-order valence-electron chi connectivity index (χ2n) is 5.22. The summed E-state index contributed by atoms with van der Waals surface area (Å²) in [5, 5.41) is 11.7. The minimum atomic E-state index is -2.78. The fourth-order valence-electron chi connectivity index (χ4n) is 2.31. The van der Waals surface area contributed by atoms with Crippen LogP contribution in [0.4, 0.5) is 5.69 Å². The molecule has 2 aromatic carbocycles. The zero-order valence-corrected chi connectivity index (χ0v) is 13.2. The van der Waals surface area contributed by atoms with Crippen LogP contribution in [0.5, 0.6) is 5.75 Å². The van der Waals surface area contributed by atoms with Gasteiger partial charge in [-0.3, -0.25) is 8.51 Å². The van der Waals surface area contributed by atoms with E-state index in [-0.39, 0.29) is 11.4 Å². The molecule has 0 aliphatic carbocycles. The molecule has 1 atom stereocenters. The summed E-state index contributed by atoms with van der Waals surface area (Å²) in [6, 6.07) is 10.1. The first-order valence-electron chi connectivity index (χ1n) is 6.49. The van der Waals surface area contributed by atoms with Gasteiger partial charge >= 0.3 is 5.97 Å². The average molecular weight is 322 g/mol. The lowest BCUT2D eigenvalue weighted by Gasteiger charge is -2.38. The number of phenolic OH excluding ortho intramolecular Hbond substituents is 1. The number of hydrogen-bond acceptors (Lipinski definition) is 5. The first-order valence-corrected chi connectivity index (χ1v) is 7.52. The molecule has 1 unspecified atom stereocenters. The van der Waals surface area contributed by atoms with Crippen molar-refractivity contribution in [2.45, 2.75) is 19.4 Å². The minimum Gasteiger partial charge on any atom is -0.755 e. The molecular weight excluding hydrogens is 306 g/mol. The van der Waals surface area contributed by atoms with Crippen LogP contribution in [-0.2, 0) is 20.8 Å². The van der Waals surface area contributed by atoms with Crippen molar-refractivity contribution in [2.75, 3.05) is 11.4 Å². The molecule has 0 fully saturated rings. The predicted molar refractivity (Wildman–Crippen MR) is 83.1 cm³/mol. The Balaban J connectivity index is 2.67. The van der Waals surface area contributed by atoms with E-state index in [0.29, 0.717) is 5.39 Å². The molecule has 0 aliphatic heterocycles. The number of benzene rings is 2. The van der Waals surface area contributed by atoms with Gasteiger partial charge in [0.2, 0.25) is 0 Å². The van der Waals surface area contributed by atoms with Gasteiger partial charge in [0, 0.05) is 16.7 Å². The molecule has 118 valence electrons. The number of esters is 1. The van der Waals surface area contributed by atoms with Crippen LogP contribution >= 0.6 is 0 Å². The van der Waals surface area contributed by atoms with Crippen LogP contribution in [0.2, 0.25) is 0 Å². The van der Waals surface area contributed by atoms with Gasteiger partial charge in [-0.2, -0.15) is 0 Å². The monoisotopic (exact) mass is 322 g/mol. The number of nitrogens with zero attached hydrogens (tertiary/aromatic N) is 1. The molecule has 1 N–H and O–H groups in total. The first kappa shape index (κ1) is 16.3. The molecule has 6 nitrogen and oxygen atoms in total. The lowest BCUT2D eigenvalue weighted by atomic mass is 10.0.